The molecule has 2 aromatic heterocycles. The molecule has 0 spiro atoms. The second kappa shape index (κ2) is 12.8. The van der Waals surface area contributed by atoms with Crippen LogP contribution in [0.25, 0.3) is 89.1 Å². The molecule has 0 saturated heterocycles. The second-order valence-electron chi connectivity index (χ2n) is 13.2. The molecule has 0 saturated carbocycles. The first-order chi connectivity index (χ1) is 25.5. The monoisotopic (exact) mass is 670 g/mol. The third-order valence-electron chi connectivity index (χ3n) is 10.0. The summed E-state index contributed by atoms with van der Waals surface area (Å²) in [5.41, 5.74) is 13.6. The highest BCUT2D eigenvalue weighted by Crippen LogP contribution is 2.37. The van der Waals surface area contributed by atoms with Gasteiger partial charge >= 0.3 is 5.69 Å². The maximum atomic E-state index is 12.6. The van der Waals surface area contributed by atoms with Crippen LogP contribution in [0, 0.1) is 0 Å². The molecule has 9 aromatic rings. The van der Waals surface area contributed by atoms with Crippen molar-refractivity contribution in [2.24, 2.45) is 14.1 Å². The van der Waals surface area contributed by atoms with Crippen LogP contribution in [0.15, 0.2) is 175 Å². The smallest absolute Gasteiger partial charge is 0.295 e. The fraction of sp³-hybridized carbons (Fsp3) is 0.0426. The van der Waals surface area contributed by atoms with Gasteiger partial charge in [-0.25, -0.2) is 14.8 Å². The van der Waals surface area contributed by atoms with Gasteiger partial charge in [0.1, 0.15) is 0 Å². The highest BCUT2D eigenvalue weighted by molar-refractivity contribution is 6.05. The molecule has 9 rings (SSSR count). The van der Waals surface area contributed by atoms with E-state index < -0.39 is 0 Å². The Bertz CT molecular complexity index is 2740. The average molecular weight is 671 g/mol. The lowest BCUT2D eigenvalue weighted by Crippen LogP contribution is -2.19. The number of imidazole rings is 1. The van der Waals surface area contributed by atoms with Crippen molar-refractivity contribution in [3.63, 3.8) is 0 Å². The Morgan fingerprint density at radius 3 is 1.42 bits per heavy atom. The van der Waals surface area contributed by atoms with E-state index >= 15 is 0 Å². The fourth-order valence-corrected chi connectivity index (χ4v) is 7.22. The van der Waals surface area contributed by atoms with Gasteiger partial charge in [-0.15, -0.1) is 0 Å². The van der Waals surface area contributed by atoms with Crippen molar-refractivity contribution in [3.8, 4) is 67.3 Å². The van der Waals surface area contributed by atoms with Crippen molar-refractivity contribution >= 4 is 21.8 Å². The molecule has 0 aliphatic rings. The Hall–Kier alpha value is -6.85. The predicted octanol–water partition coefficient (Wildman–Crippen LogP) is 10.8. The first-order valence-corrected chi connectivity index (χ1v) is 17.4. The number of benzene rings is 7. The maximum absolute atomic E-state index is 12.6. The van der Waals surface area contributed by atoms with E-state index in [1.54, 1.807) is 9.13 Å². The summed E-state index contributed by atoms with van der Waals surface area (Å²) in [7, 11) is 3.65. The molecule has 0 aliphatic carbocycles. The Labute approximate surface area is 301 Å². The summed E-state index contributed by atoms with van der Waals surface area (Å²) in [4.78, 5) is 22.5. The molecule has 7 aromatic carbocycles. The van der Waals surface area contributed by atoms with Gasteiger partial charge in [-0.3, -0.25) is 9.13 Å². The highest BCUT2D eigenvalue weighted by atomic mass is 16.1. The first kappa shape index (κ1) is 31.2. The van der Waals surface area contributed by atoms with Crippen LogP contribution in [-0.4, -0.2) is 19.1 Å². The SMILES string of the molecule is Cn1c(=O)n(C)c2cc(-c3ccc(-c4ccc(-c5ccc(-c6cc(-c7ccccc7)nc(-c7ccccc7)n6)cc5)cc4)c4ccccc34)ccc21. The van der Waals surface area contributed by atoms with E-state index in [0.717, 1.165) is 66.9 Å². The summed E-state index contributed by atoms with van der Waals surface area (Å²) < 4.78 is 3.41. The van der Waals surface area contributed by atoms with Gasteiger partial charge < -0.3 is 0 Å². The van der Waals surface area contributed by atoms with Gasteiger partial charge in [-0.1, -0.05) is 152 Å². The van der Waals surface area contributed by atoms with Gasteiger partial charge in [-0.05, 0) is 62.4 Å². The zero-order valence-electron chi connectivity index (χ0n) is 28.9. The zero-order valence-corrected chi connectivity index (χ0v) is 28.9. The molecule has 52 heavy (non-hydrogen) atoms. The lowest BCUT2D eigenvalue weighted by Gasteiger charge is -2.13. The van der Waals surface area contributed by atoms with Crippen molar-refractivity contribution in [2.75, 3.05) is 0 Å². The molecule has 248 valence electrons. The second-order valence-corrected chi connectivity index (χ2v) is 13.2. The van der Waals surface area contributed by atoms with Crippen LogP contribution >= 0.6 is 0 Å². The largest absolute Gasteiger partial charge is 0.328 e. The number of hydrogen-bond acceptors (Lipinski definition) is 3. The van der Waals surface area contributed by atoms with Gasteiger partial charge in [0.2, 0.25) is 0 Å². The summed E-state index contributed by atoms with van der Waals surface area (Å²) in [5.74, 6) is 0.710. The van der Waals surface area contributed by atoms with Crippen LogP contribution in [0.2, 0.25) is 0 Å². The summed E-state index contributed by atoms with van der Waals surface area (Å²) in [5, 5.41) is 2.37. The molecular weight excluding hydrogens is 637 g/mol. The van der Waals surface area contributed by atoms with E-state index in [4.69, 9.17) is 9.97 Å². The minimum Gasteiger partial charge on any atom is -0.295 e. The standard InChI is InChI=1S/C47H34N4O/c1-50-44-28-25-37(29-45(44)51(2)47(50)52)39-27-26-38(40-15-9-10-16-41(39)40)33-21-17-31(18-22-33)32-19-23-35(24-20-32)43-30-42(34-11-5-3-6-12-34)48-46(49-43)36-13-7-4-8-14-36/h3-30H,1-2H3. The molecule has 2 heterocycles. The number of hydrogen-bond donors (Lipinski definition) is 0. The molecule has 0 fully saturated rings. The van der Waals surface area contributed by atoms with Crippen LogP contribution in [0.3, 0.4) is 0 Å². The van der Waals surface area contributed by atoms with E-state index in [1.807, 2.05) is 68.7 Å². The Balaban J connectivity index is 1.03. The molecule has 0 unspecified atom stereocenters. The van der Waals surface area contributed by atoms with Crippen molar-refractivity contribution in [1.29, 1.82) is 0 Å². The van der Waals surface area contributed by atoms with E-state index in [0.29, 0.717) is 5.82 Å². The van der Waals surface area contributed by atoms with Gasteiger partial charge in [0.15, 0.2) is 5.82 Å². The zero-order chi connectivity index (χ0) is 35.2. The van der Waals surface area contributed by atoms with Gasteiger partial charge in [0.05, 0.1) is 22.4 Å². The van der Waals surface area contributed by atoms with E-state index in [-0.39, 0.29) is 5.69 Å². The van der Waals surface area contributed by atoms with Crippen LogP contribution in [-0.2, 0) is 14.1 Å². The number of rotatable bonds is 6. The van der Waals surface area contributed by atoms with E-state index in [2.05, 4.69) is 115 Å². The molecule has 0 bridgehead atoms. The maximum Gasteiger partial charge on any atom is 0.328 e. The van der Waals surface area contributed by atoms with Crippen LogP contribution in [0.4, 0.5) is 0 Å². The normalized spacial score (nSPS) is 11.3. The number of aryl methyl sites for hydroxylation is 2. The Kier molecular flexibility index (Phi) is 7.67. The molecule has 0 atom stereocenters. The fourth-order valence-electron chi connectivity index (χ4n) is 7.22. The molecular formula is C47H34N4O. The van der Waals surface area contributed by atoms with Crippen molar-refractivity contribution in [1.82, 2.24) is 19.1 Å². The molecule has 5 nitrogen and oxygen atoms in total. The van der Waals surface area contributed by atoms with Crippen LogP contribution in [0.1, 0.15) is 0 Å². The van der Waals surface area contributed by atoms with Gasteiger partial charge in [-0.2, -0.15) is 0 Å². The minimum absolute atomic E-state index is 0.0210. The summed E-state index contributed by atoms with van der Waals surface area (Å²) in [6, 6.07) is 59.1. The topological polar surface area (TPSA) is 52.7 Å². The lowest BCUT2D eigenvalue weighted by atomic mass is 9.91. The van der Waals surface area contributed by atoms with E-state index in [1.165, 1.54) is 16.3 Å². The highest BCUT2D eigenvalue weighted by Gasteiger charge is 2.14. The quantitative estimate of drug-likeness (QED) is 0.177. The average Bonchev–Trinajstić information content (AvgIpc) is 3.43. The minimum atomic E-state index is -0.0210. The lowest BCUT2D eigenvalue weighted by molar-refractivity contribution is 0.795. The summed E-state index contributed by atoms with van der Waals surface area (Å²) in [6.07, 6.45) is 0. The molecule has 5 heteroatoms. The Morgan fingerprint density at radius 2 is 0.827 bits per heavy atom. The summed E-state index contributed by atoms with van der Waals surface area (Å²) in [6.45, 7) is 0. The van der Waals surface area contributed by atoms with Crippen molar-refractivity contribution in [2.45, 2.75) is 0 Å². The van der Waals surface area contributed by atoms with E-state index in [9.17, 15) is 4.79 Å². The third-order valence-corrected chi connectivity index (χ3v) is 10.0. The summed E-state index contributed by atoms with van der Waals surface area (Å²) >= 11 is 0. The molecule has 0 radical (unpaired) electrons. The number of nitrogens with zero attached hydrogens (tertiary/aromatic N) is 4. The van der Waals surface area contributed by atoms with Crippen LogP contribution < -0.4 is 5.69 Å². The Morgan fingerprint density at radius 1 is 0.385 bits per heavy atom. The molecule has 0 N–H and O–H groups in total. The first-order valence-electron chi connectivity index (χ1n) is 17.4. The van der Waals surface area contributed by atoms with Crippen LogP contribution in [0.5, 0.6) is 0 Å². The number of aromatic nitrogens is 4. The molecule has 0 aliphatic heterocycles. The third kappa shape index (κ3) is 5.49. The number of fused-ring (bicyclic) bond motifs is 2. The van der Waals surface area contributed by atoms with Crippen molar-refractivity contribution < 1.29 is 0 Å². The van der Waals surface area contributed by atoms with Gasteiger partial charge in [0, 0.05) is 30.8 Å². The predicted molar refractivity (Wildman–Crippen MR) is 214 cm³/mol. The van der Waals surface area contributed by atoms with Crippen molar-refractivity contribution in [3.05, 3.63) is 180 Å². The van der Waals surface area contributed by atoms with Gasteiger partial charge in [0.25, 0.3) is 0 Å². The molecule has 0 amide bonds.